The van der Waals surface area contributed by atoms with Gasteiger partial charge in [0.15, 0.2) is 5.17 Å². The topological polar surface area (TPSA) is 61.5 Å². The van der Waals surface area contributed by atoms with E-state index in [0.717, 1.165) is 40.3 Å². The van der Waals surface area contributed by atoms with E-state index in [1.165, 1.54) is 17.3 Å². The smallest absolute Gasteiger partial charge is 0.283 e. The summed E-state index contributed by atoms with van der Waals surface area (Å²) in [4.78, 5) is 19.0. The first-order valence-electron chi connectivity index (χ1n) is 10.9. The van der Waals surface area contributed by atoms with Crippen LogP contribution in [0.1, 0.15) is 35.0 Å². The van der Waals surface area contributed by atoms with Crippen molar-refractivity contribution in [2.24, 2.45) is 4.99 Å². The van der Waals surface area contributed by atoms with Crippen molar-refractivity contribution in [2.75, 3.05) is 0 Å². The van der Waals surface area contributed by atoms with Gasteiger partial charge in [-0.3, -0.25) is 15.1 Å². The lowest BCUT2D eigenvalue weighted by Gasteiger charge is -2.26. The summed E-state index contributed by atoms with van der Waals surface area (Å²) in [7, 11) is 0. The summed E-state index contributed by atoms with van der Waals surface area (Å²) < 4.78 is 2.22. The number of aryl methyl sites for hydroxylation is 2. The van der Waals surface area contributed by atoms with Gasteiger partial charge in [0.05, 0.1) is 11.3 Å². The van der Waals surface area contributed by atoms with E-state index in [4.69, 9.17) is 5.41 Å². The number of nitrogens with one attached hydrogen (secondary N) is 1. The lowest BCUT2D eigenvalue weighted by atomic mass is 10.1. The maximum atomic E-state index is 12.9. The first kappa shape index (κ1) is 21.2. The number of aromatic nitrogens is 1. The van der Waals surface area contributed by atoms with E-state index in [1.807, 2.05) is 47.9 Å². The summed E-state index contributed by atoms with van der Waals surface area (Å²) >= 11 is 1.38. The maximum absolute atomic E-state index is 12.9. The lowest BCUT2D eigenvalue weighted by molar-refractivity contribution is -0.114. The molecule has 2 aliphatic heterocycles. The minimum atomic E-state index is -0.375. The highest BCUT2D eigenvalue weighted by atomic mass is 32.2. The summed E-state index contributed by atoms with van der Waals surface area (Å²) in [6.07, 6.45) is 2.75. The Balaban J connectivity index is 1.56. The van der Waals surface area contributed by atoms with Gasteiger partial charge in [-0.2, -0.15) is 4.99 Å². The molecule has 0 saturated carbocycles. The molecule has 2 aliphatic rings. The fourth-order valence-corrected chi connectivity index (χ4v) is 5.29. The second-order valence-corrected chi connectivity index (χ2v) is 8.91. The number of fused-ring (bicyclic) bond motifs is 1. The first-order chi connectivity index (χ1) is 16.0. The third-order valence-electron chi connectivity index (χ3n) is 6.07. The maximum Gasteiger partial charge on any atom is 0.283 e. The molecule has 5 nitrogen and oxygen atoms in total. The molecule has 2 aromatic carbocycles. The molecule has 1 N–H and O–H groups in total. The number of carbonyl (C=O) groups is 1. The zero-order valence-corrected chi connectivity index (χ0v) is 19.6. The monoisotopic (exact) mass is 452 g/mol. The minimum absolute atomic E-state index is 0.156. The Morgan fingerprint density at radius 3 is 2.55 bits per heavy atom. The molecule has 3 aromatic rings. The van der Waals surface area contributed by atoms with Gasteiger partial charge in [-0.25, -0.2) is 0 Å². The van der Waals surface area contributed by atoms with Crippen LogP contribution in [-0.4, -0.2) is 26.4 Å². The molecule has 0 spiro atoms. The van der Waals surface area contributed by atoms with Crippen molar-refractivity contribution in [1.29, 1.82) is 5.41 Å². The van der Waals surface area contributed by atoms with Crippen molar-refractivity contribution < 1.29 is 4.79 Å². The Labute approximate surface area is 197 Å². The predicted octanol–water partition coefficient (Wildman–Crippen LogP) is 5.96. The Bertz CT molecular complexity index is 1380. The highest BCUT2D eigenvalue weighted by Crippen LogP contribution is 2.37. The number of aliphatic imine (C=N–C) groups is 1. The van der Waals surface area contributed by atoms with Gasteiger partial charge in [-0.1, -0.05) is 67.2 Å². The van der Waals surface area contributed by atoms with Crippen LogP contribution in [0.2, 0.25) is 0 Å². The highest BCUT2D eigenvalue weighted by molar-refractivity contribution is 8.17. The molecule has 0 bridgehead atoms. The number of amides is 1. The summed E-state index contributed by atoms with van der Waals surface area (Å²) in [5.74, 6) is -0.218. The summed E-state index contributed by atoms with van der Waals surface area (Å²) in [5, 5.41) is 11.4. The summed E-state index contributed by atoms with van der Waals surface area (Å²) in [5.41, 5.74) is 7.60. The Kier molecular flexibility index (Phi) is 5.38. The van der Waals surface area contributed by atoms with Crippen molar-refractivity contribution in [3.8, 4) is 5.69 Å². The molecular formula is C27H24N4OS. The molecule has 3 heterocycles. The van der Waals surface area contributed by atoms with Gasteiger partial charge in [-0.15, -0.1) is 0 Å². The quantitative estimate of drug-likeness (QED) is 0.497. The molecule has 0 fully saturated rings. The molecule has 1 amide bonds. The minimum Gasteiger partial charge on any atom is -0.318 e. The fraction of sp³-hybridized carbons (Fsp3) is 0.148. The molecule has 6 heteroatoms. The number of carbonyl (C=O) groups excluding carboxylic acids is 1. The van der Waals surface area contributed by atoms with Crippen molar-refractivity contribution in [3.63, 3.8) is 0 Å². The predicted molar refractivity (Wildman–Crippen MR) is 137 cm³/mol. The lowest BCUT2D eigenvalue weighted by Crippen LogP contribution is -2.38. The van der Waals surface area contributed by atoms with Crippen molar-refractivity contribution in [1.82, 2.24) is 9.47 Å². The van der Waals surface area contributed by atoms with E-state index in [9.17, 15) is 4.79 Å². The van der Waals surface area contributed by atoms with Crippen LogP contribution in [0, 0.1) is 19.3 Å². The Morgan fingerprint density at radius 1 is 1.06 bits per heavy atom. The Morgan fingerprint density at radius 2 is 1.79 bits per heavy atom. The molecule has 0 radical (unpaired) electrons. The third-order valence-corrected chi connectivity index (χ3v) is 6.89. The fourth-order valence-electron chi connectivity index (χ4n) is 4.40. The second-order valence-electron chi connectivity index (χ2n) is 8.07. The van der Waals surface area contributed by atoms with Gasteiger partial charge in [0.1, 0.15) is 5.84 Å². The van der Waals surface area contributed by atoms with Crippen molar-refractivity contribution in [2.45, 2.75) is 27.2 Å². The molecule has 0 unspecified atom stereocenters. The number of thioether (sulfide) groups is 1. The zero-order valence-electron chi connectivity index (χ0n) is 18.8. The van der Waals surface area contributed by atoms with E-state index >= 15 is 0 Å². The van der Waals surface area contributed by atoms with Crippen LogP contribution in [0.25, 0.3) is 17.5 Å². The van der Waals surface area contributed by atoms with E-state index in [0.29, 0.717) is 10.7 Å². The largest absolute Gasteiger partial charge is 0.318 e. The number of rotatable bonds is 4. The van der Waals surface area contributed by atoms with E-state index < -0.39 is 0 Å². The first-order valence-corrected chi connectivity index (χ1v) is 11.8. The highest BCUT2D eigenvalue weighted by Gasteiger charge is 2.36. The molecule has 164 valence electrons. The average Bonchev–Trinajstić information content (AvgIpc) is 3.37. The van der Waals surface area contributed by atoms with Crippen molar-refractivity contribution in [3.05, 3.63) is 99.7 Å². The van der Waals surface area contributed by atoms with Crippen LogP contribution in [0.5, 0.6) is 0 Å². The van der Waals surface area contributed by atoms with Gasteiger partial charge in [0.25, 0.3) is 5.91 Å². The van der Waals surface area contributed by atoms with E-state index in [2.05, 4.69) is 54.6 Å². The van der Waals surface area contributed by atoms with E-state index in [-0.39, 0.29) is 11.7 Å². The number of nitrogens with zero attached hydrogens (tertiary/aromatic N) is 3. The van der Waals surface area contributed by atoms with Crippen LogP contribution >= 0.6 is 11.8 Å². The SMILES string of the molecule is CCc1ccccc1-n1c(C)cc(/C=C2/C(=N)N3C(c4ccccc4)=CSC3=NC2=O)c1C. The van der Waals surface area contributed by atoms with Crippen LogP contribution in [0.4, 0.5) is 0 Å². The third kappa shape index (κ3) is 3.56. The molecule has 5 rings (SSSR count). The number of benzene rings is 2. The van der Waals surface area contributed by atoms with Gasteiger partial charge < -0.3 is 4.57 Å². The molecular weight excluding hydrogens is 428 g/mol. The molecule has 0 saturated heterocycles. The zero-order chi connectivity index (χ0) is 23.1. The van der Waals surface area contributed by atoms with Crippen LogP contribution in [0.15, 0.2) is 76.6 Å². The number of amidine groups is 2. The van der Waals surface area contributed by atoms with Crippen LogP contribution < -0.4 is 0 Å². The van der Waals surface area contributed by atoms with Crippen LogP contribution in [0.3, 0.4) is 0 Å². The summed E-state index contributed by atoms with van der Waals surface area (Å²) in [6, 6.07) is 20.3. The molecule has 33 heavy (non-hydrogen) atoms. The Hall–Kier alpha value is -3.64. The molecule has 1 aromatic heterocycles. The molecule has 0 aliphatic carbocycles. The number of para-hydroxylation sites is 1. The van der Waals surface area contributed by atoms with Gasteiger partial charge in [-0.05, 0) is 55.2 Å². The van der Waals surface area contributed by atoms with Crippen molar-refractivity contribution >= 4 is 40.4 Å². The van der Waals surface area contributed by atoms with Crippen LogP contribution in [-0.2, 0) is 11.2 Å². The standard InChI is InChI=1S/C27H24N4OS/c1-4-19-10-8-9-13-23(19)30-17(2)14-21(18(30)3)15-22-25(28)31-24(20-11-6-5-7-12-20)16-33-27(31)29-26(22)32/h5-16,28H,4H2,1-3H3/b22-15-,28-25?. The van der Waals surface area contributed by atoms with Gasteiger partial charge in [0, 0.05) is 22.5 Å². The normalized spacial score (nSPS) is 16.8. The number of hydrogen-bond donors (Lipinski definition) is 1. The average molecular weight is 453 g/mol. The summed E-state index contributed by atoms with van der Waals surface area (Å²) in [6.45, 7) is 6.27. The van der Waals surface area contributed by atoms with Gasteiger partial charge >= 0.3 is 0 Å². The van der Waals surface area contributed by atoms with E-state index in [1.54, 1.807) is 4.90 Å². The molecule has 0 atom stereocenters. The van der Waals surface area contributed by atoms with Gasteiger partial charge in [0.2, 0.25) is 0 Å². The second kappa shape index (κ2) is 8.37. The number of hydrogen-bond acceptors (Lipinski definition) is 3.